The summed E-state index contributed by atoms with van der Waals surface area (Å²) in [5.41, 5.74) is 2.30. The number of esters is 1. The number of carbonyl (C=O) groups is 2. The van der Waals surface area contributed by atoms with Crippen molar-refractivity contribution in [1.82, 2.24) is 0 Å². The normalized spacial score (nSPS) is 47.4. The highest BCUT2D eigenvalue weighted by molar-refractivity contribution is 5.92. The molecule has 5 rings (SSSR count). The van der Waals surface area contributed by atoms with Crippen LogP contribution >= 0.6 is 0 Å². The van der Waals surface area contributed by atoms with Crippen LogP contribution in [0.3, 0.4) is 0 Å². The Morgan fingerprint density at radius 3 is 2.79 bits per heavy atom. The van der Waals surface area contributed by atoms with E-state index in [0.717, 1.165) is 54.8 Å². The van der Waals surface area contributed by atoms with Crippen molar-refractivity contribution in [3.63, 3.8) is 0 Å². The van der Waals surface area contributed by atoms with Gasteiger partial charge in [0, 0.05) is 12.8 Å². The van der Waals surface area contributed by atoms with Crippen molar-refractivity contribution in [2.24, 2.45) is 46.3 Å². The van der Waals surface area contributed by atoms with E-state index in [-0.39, 0.29) is 5.97 Å². The molecule has 4 fully saturated rings. The number of ketones is 1. The lowest BCUT2D eigenvalue weighted by atomic mass is 9.46. The van der Waals surface area contributed by atoms with Gasteiger partial charge in [-0.15, -0.1) is 0 Å². The third kappa shape index (κ3) is 2.97. The van der Waals surface area contributed by atoms with E-state index in [1.54, 1.807) is 5.57 Å². The third-order valence-electron chi connectivity index (χ3n) is 10.2. The molecule has 0 aromatic rings. The zero-order valence-electron chi connectivity index (χ0n) is 18.5. The second kappa shape index (κ2) is 6.95. The van der Waals surface area contributed by atoms with Gasteiger partial charge in [-0.3, -0.25) is 9.59 Å². The summed E-state index contributed by atoms with van der Waals surface area (Å²) < 4.78 is 5.13. The molecule has 0 saturated heterocycles. The molecule has 3 heteroatoms. The van der Waals surface area contributed by atoms with Gasteiger partial charge in [-0.2, -0.15) is 0 Å². The molecule has 5 aliphatic carbocycles. The van der Waals surface area contributed by atoms with Crippen LogP contribution in [0, 0.1) is 46.3 Å². The van der Waals surface area contributed by atoms with Crippen molar-refractivity contribution in [3.05, 3.63) is 11.6 Å². The summed E-state index contributed by atoms with van der Waals surface area (Å²) in [6.45, 7) is 7.48. The maximum atomic E-state index is 12.1. The monoisotopic (exact) mass is 398 g/mol. The molecule has 0 radical (unpaired) electrons. The highest BCUT2D eigenvalue weighted by Crippen LogP contribution is 2.74. The van der Waals surface area contributed by atoms with Crippen LogP contribution in [0.15, 0.2) is 11.6 Å². The molecule has 0 aromatic carbocycles. The van der Waals surface area contributed by atoms with Gasteiger partial charge in [0.1, 0.15) is 0 Å². The quantitative estimate of drug-likeness (QED) is 0.556. The van der Waals surface area contributed by atoms with E-state index >= 15 is 0 Å². The standard InChI is InChI=1S/C26H38O3/c1-4-29-23(28)7-5-6-16-8-9-20-24-19-15-18(19)22-14-17(27)10-12-26(22,3)21(24)11-13-25(16,20)2/h14,16,18-21,24H,4-13,15H2,1-3H3/t16-,18-,19+,20?,21?,24?,25+,26+/m0/s1. The molecule has 3 unspecified atom stereocenters. The molecule has 0 N–H and O–H groups in total. The van der Waals surface area contributed by atoms with Gasteiger partial charge < -0.3 is 4.74 Å². The van der Waals surface area contributed by atoms with Crippen molar-refractivity contribution >= 4 is 11.8 Å². The van der Waals surface area contributed by atoms with Gasteiger partial charge in [0.05, 0.1) is 6.61 Å². The van der Waals surface area contributed by atoms with E-state index in [9.17, 15) is 9.59 Å². The fourth-order valence-corrected chi connectivity index (χ4v) is 8.71. The smallest absolute Gasteiger partial charge is 0.305 e. The van der Waals surface area contributed by atoms with Crippen molar-refractivity contribution in [2.75, 3.05) is 6.61 Å². The zero-order valence-corrected chi connectivity index (χ0v) is 18.5. The largest absolute Gasteiger partial charge is 0.466 e. The Morgan fingerprint density at radius 2 is 2.00 bits per heavy atom. The number of carbonyl (C=O) groups excluding carboxylic acids is 2. The minimum absolute atomic E-state index is 0.0249. The van der Waals surface area contributed by atoms with Gasteiger partial charge in [-0.05, 0) is 111 Å². The predicted octanol–water partition coefficient (Wildman–Crippen LogP) is 5.72. The number of fused-ring (bicyclic) bond motifs is 8. The Balaban J connectivity index is 1.32. The van der Waals surface area contributed by atoms with Crippen LogP contribution in [0.25, 0.3) is 0 Å². The molecule has 160 valence electrons. The van der Waals surface area contributed by atoms with Gasteiger partial charge in [0.15, 0.2) is 5.78 Å². The average Bonchev–Trinajstić information content (AvgIpc) is 3.40. The maximum Gasteiger partial charge on any atom is 0.305 e. The summed E-state index contributed by atoms with van der Waals surface area (Å²) in [4.78, 5) is 23.9. The molecule has 4 saturated carbocycles. The maximum absolute atomic E-state index is 12.1. The second-order valence-electron chi connectivity index (χ2n) is 11.3. The summed E-state index contributed by atoms with van der Waals surface area (Å²) in [5.74, 6) is 5.24. The number of hydrogen-bond donors (Lipinski definition) is 0. The third-order valence-corrected chi connectivity index (χ3v) is 10.2. The first kappa shape index (κ1) is 19.8. The summed E-state index contributed by atoms with van der Waals surface area (Å²) in [6.07, 6.45) is 13.5. The van der Waals surface area contributed by atoms with E-state index < -0.39 is 0 Å². The lowest BCUT2D eigenvalue weighted by Crippen LogP contribution is -2.51. The van der Waals surface area contributed by atoms with E-state index in [4.69, 9.17) is 4.74 Å². The highest BCUT2D eigenvalue weighted by Gasteiger charge is 2.67. The van der Waals surface area contributed by atoms with E-state index in [2.05, 4.69) is 19.9 Å². The predicted molar refractivity (Wildman–Crippen MR) is 113 cm³/mol. The summed E-state index contributed by atoms with van der Waals surface area (Å²) in [7, 11) is 0. The second-order valence-corrected chi connectivity index (χ2v) is 11.3. The molecular formula is C26H38O3. The molecule has 8 atom stereocenters. The fraction of sp³-hybridized carbons (Fsp3) is 0.846. The molecule has 0 amide bonds. The highest BCUT2D eigenvalue weighted by atomic mass is 16.5. The van der Waals surface area contributed by atoms with Crippen LogP contribution in [0.2, 0.25) is 0 Å². The molecule has 0 bridgehead atoms. The summed E-state index contributed by atoms with van der Waals surface area (Å²) in [5, 5.41) is 0. The van der Waals surface area contributed by atoms with Crippen LogP contribution in [-0.4, -0.2) is 18.4 Å². The van der Waals surface area contributed by atoms with Crippen LogP contribution in [0.4, 0.5) is 0 Å². The molecule has 0 aliphatic heterocycles. The summed E-state index contributed by atoms with van der Waals surface area (Å²) >= 11 is 0. The zero-order chi connectivity index (χ0) is 20.4. The van der Waals surface area contributed by atoms with E-state index in [1.165, 1.54) is 38.5 Å². The Hall–Kier alpha value is -1.12. The molecule has 0 spiro atoms. The van der Waals surface area contributed by atoms with Crippen LogP contribution in [-0.2, 0) is 14.3 Å². The van der Waals surface area contributed by atoms with Gasteiger partial charge >= 0.3 is 5.97 Å². The van der Waals surface area contributed by atoms with E-state index in [1.807, 2.05) is 6.92 Å². The minimum Gasteiger partial charge on any atom is -0.466 e. The first-order chi connectivity index (χ1) is 13.9. The van der Waals surface area contributed by atoms with Crippen molar-refractivity contribution in [2.45, 2.75) is 85.0 Å². The number of hydrogen-bond acceptors (Lipinski definition) is 3. The molecular weight excluding hydrogens is 360 g/mol. The lowest BCUT2D eigenvalue weighted by molar-refractivity contribution is -0.143. The average molecular weight is 399 g/mol. The Bertz CT molecular complexity index is 738. The first-order valence-corrected chi connectivity index (χ1v) is 12.3. The van der Waals surface area contributed by atoms with Gasteiger partial charge in [0.2, 0.25) is 0 Å². The van der Waals surface area contributed by atoms with Gasteiger partial charge in [-0.25, -0.2) is 0 Å². The SMILES string of the molecule is CCOC(=O)CCC[C@H]1CCC2C3C(CC[C@@]21C)[C@@]1(C)CCC(=O)C=C1[C@H]1C[C@@H]31. The molecule has 5 aliphatic rings. The molecule has 3 nitrogen and oxygen atoms in total. The van der Waals surface area contributed by atoms with Crippen LogP contribution < -0.4 is 0 Å². The number of rotatable bonds is 5. The van der Waals surface area contributed by atoms with Gasteiger partial charge in [0.25, 0.3) is 0 Å². The van der Waals surface area contributed by atoms with Crippen LogP contribution in [0.5, 0.6) is 0 Å². The van der Waals surface area contributed by atoms with E-state index in [0.29, 0.717) is 29.6 Å². The van der Waals surface area contributed by atoms with Crippen LogP contribution in [0.1, 0.15) is 85.0 Å². The number of allylic oxidation sites excluding steroid dienone is 1. The summed E-state index contributed by atoms with van der Waals surface area (Å²) in [6, 6.07) is 0. The fourth-order valence-electron chi connectivity index (χ4n) is 8.71. The Morgan fingerprint density at radius 1 is 1.17 bits per heavy atom. The van der Waals surface area contributed by atoms with Crippen molar-refractivity contribution < 1.29 is 14.3 Å². The minimum atomic E-state index is -0.0249. The van der Waals surface area contributed by atoms with Crippen molar-refractivity contribution in [1.29, 1.82) is 0 Å². The van der Waals surface area contributed by atoms with Crippen molar-refractivity contribution in [3.8, 4) is 0 Å². The van der Waals surface area contributed by atoms with Gasteiger partial charge in [-0.1, -0.05) is 19.4 Å². The Labute approximate surface area is 176 Å². The molecule has 0 heterocycles. The topological polar surface area (TPSA) is 43.4 Å². The molecule has 29 heavy (non-hydrogen) atoms. The first-order valence-electron chi connectivity index (χ1n) is 12.3. The molecule has 0 aromatic heterocycles. The Kier molecular flexibility index (Phi) is 4.75. The number of ether oxygens (including phenoxy) is 1. The lowest BCUT2D eigenvalue weighted by Gasteiger charge is -2.58.